The highest BCUT2D eigenvalue weighted by molar-refractivity contribution is 7.80. The van der Waals surface area contributed by atoms with E-state index in [1.54, 1.807) is 18.2 Å². The van der Waals surface area contributed by atoms with Crippen molar-refractivity contribution in [3.8, 4) is 0 Å². The number of hydrogen-bond acceptors (Lipinski definition) is 4. The Labute approximate surface area is 212 Å². The zero-order chi connectivity index (χ0) is 24.3. The minimum Gasteiger partial charge on any atom is -0.755 e. The summed E-state index contributed by atoms with van der Waals surface area (Å²) >= 11 is 10.1. The van der Waals surface area contributed by atoms with Crippen LogP contribution >= 0.6 is 23.2 Å². The van der Waals surface area contributed by atoms with E-state index in [-0.39, 0.29) is 45.4 Å². The van der Waals surface area contributed by atoms with Gasteiger partial charge >= 0.3 is 0 Å². The first-order valence-corrected chi connectivity index (χ1v) is 13.9. The highest BCUT2D eigenvalue weighted by atomic mass is 35.5. The topological polar surface area (TPSA) is 116 Å². The Balaban J connectivity index is 1.48. The van der Waals surface area contributed by atoms with Crippen molar-refractivity contribution in [3.63, 3.8) is 0 Å². The fourth-order valence-electron chi connectivity index (χ4n) is 7.62. The van der Waals surface area contributed by atoms with Gasteiger partial charge in [-0.1, -0.05) is 48.5 Å². The second kappa shape index (κ2) is 8.95. The molecule has 0 heterocycles. The van der Waals surface area contributed by atoms with Crippen LogP contribution in [0.5, 0.6) is 0 Å². The minimum atomic E-state index is -2.76. The predicted octanol–water partition coefficient (Wildman–Crippen LogP) is 4.09. The lowest BCUT2D eigenvalue weighted by Crippen LogP contribution is -2.67. The van der Waals surface area contributed by atoms with Gasteiger partial charge in [-0.15, -0.1) is 0 Å². The fourth-order valence-corrected chi connectivity index (χ4v) is 9.18. The third-order valence-electron chi connectivity index (χ3n) is 8.88. The zero-order valence-electron chi connectivity index (χ0n) is 18.9. The van der Waals surface area contributed by atoms with E-state index < -0.39 is 22.2 Å². The predicted molar refractivity (Wildman–Crippen MR) is 131 cm³/mol. The molecule has 3 N–H and O–H groups in total. The van der Waals surface area contributed by atoms with Crippen molar-refractivity contribution in [1.82, 2.24) is 5.32 Å². The van der Waals surface area contributed by atoms with Crippen LogP contribution in [0.1, 0.15) is 64.2 Å². The molecule has 7 nitrogen and oxygen atoms in total. The molecule has 186 valence electrons. The normalized spacial score (nSPS) is 34.4. The summed E-state index contributed by atoms with van der Waals surface area (Å²) < 4.78 is 26.4. The van der Waals surface area contributed by atoms with Gasteiger partial charge in [0.1, 0.15) is 5.54 Å². The molecule has 3 unspecified atom stereocenters. The van der Waals surface area contributed by atoms with Crippen LogP contribution in [0, 0.1) is 23.2 Å². The minimum absolute atomic E-state index is 0.0843. The van der Waals surface area contributed by atoms with Crippen LogP contribution in [-0.4, -0.2) is 32.2 Å². The van der Waals surface area contributed by atoms with Crippen molar-refractivity contribution >= 4 is 52.0 Å². The molecule has 5 aliphatic carbocycles. The van der Waals surface area contributed by atoms with Crippen LogP contribution in [-0.2, 0) is 20.9 Å². The third kappa shape index (κ3) is 3.85. The van der Waals surface area contributed by atoms with Crippen LogP contribution in [0.25, 0.3) is 0 Å². The second-order valence-corrected chi connectivity index (χ2v) is 12.4. The van der Waals surface area contributed by atoms with E-state index in [9.17, 15) is 18.4 Å². The Morgan fingerprint density at radius 2 is 1.65 bits per heavy atom. The number of primary amides is 1. The summed E-state index contributed by atoms with van der Waals surface area (Å²) in [5, 5.41) is 3.66. The van der Waals surface area contributed by atoms with Crippen molar-refractivity contribution < 1.29 is 18.4 Å². The van der Waals surface area contributed by atoms with Gasteiger partial charge in [0.15, 0.2) is 0 Å². The van der Waals surface area contributed by atoms with Crippen LogP contribution in [0.15, 0.2) is 18.2 Å². The maximum atomic E-state index is 14.1. The fraction of sp³-hybridized carbons (Fsp3) is 0.667. The average Bonchev–Trinajstić information content (AvgIpc) is 2.78. The van der Waals surface area contributed by atoms with Gasteiger partial charge < -0.3 is 15.6 Å². The summed E-state index contributed by atoms with van der Waals surface area (Å²) in [5.74, 6) is 0.311. The molecule has 2 amide bonds. The summed E-state index contributed by atoms with van der Waals surface area (Å²) in [4.78, 5) is 26.4. The molecule has 0 spiro atoms. The number of para-hydroxylation sites is 1. The molecule has 5 fully saturated rings. The summed E-state index contributed by atoms with van der Waals surface area (Å²) in [5.41, 5.74) is 4.22. The smallest absolute Gasteiger partial charge is 0.247 e. The van der Waals surface area contributed by atoms with Crippen molar-refractivity contribution in [3.05, 3.63) is 28.2 Å². The summed E-state index contributed by atoms with van der Waals surface area (Å²) in [6.45, 7) is 0. The van der Waals surface area contributed by atoms with Gasteiger partial charge in [-0.05, 0) is 74.8 Å². The number of carbonyl (C=O) groups is 2. The number of nitrogens with two attached hydrogens (primary N) is 1. The Morgan fingerprint density at radius 1 is 1.06 bits per heavy atom. The number of halogens is 2. The van der Waals surface area contributed by atoms with Crippen LogP contribution < -0.4 is 15.4 Å². The molecule has 4 bridgehead atoms. The molecule has 0 aliphatic heterocycles. The van der Waals surface area contributed by atoms with Crippen molar-refractivity contribution in [2.24, 2.45) is 28.9 Å². The third-order valence-corrected chi connectivity index (χ3v) is 10.3. The molecular formula is C24H30Cl2N3O4S-. The standard InChI is InChI=1S/C24H31Cl2N3O4S/c25-17-5-4-6-18(26)20(17)29(34(32)33)24(7-2-1-3-8-24)22(31)28-19-15-9-14-10-16(19)13-23(11-14,12-15)21(27)30/h4-6,14-16,19H,1-3,7-13H2,(H2,27,30)(H,28,31)(H,32,33)/p-1. The Kier molecular flexibility index (Phi) is 6.41. The van der Waals surface area contributed by atoms with E-state index in [2.05, 4.69) is 5.32 Å². The first-order valence-electron chi connectivity index (χ1n) is 12.1. The quantitative estimate of drug-likeness (QED) is 0.542. The Morgan fingerprint density at radius 3 is 2.18 bits per heavy atom. The summed E-state index contributed by atoms with van der Waals surface area (Å²) in [7, 11) is 0. The molecule has 5 saturated carbocycles. The molecular weight excluding hydrogens is 497 g/mol. The van der Waals surface area contributed by atoms with Gasteiger partial charge in [0.2, 0.25) is 11.8 Å². The van der Waals surface area contributed by atoms with E-state index in [1.165, 1.54) is 0 Å². The summed E-state index contributed by atoms with van der Waals surface area (Å²) in [6.07, 6.45) is 7.36. The lowest BCUT2D eigenvalue weighted by atomic mass is 9.47. The maximum absolute atomic E-state index is 14.1. The van der Waals surface area contributed by atoms with E-state index in [4.69, 9.17) is 28.9 Å². The van der Waals surface area contributed by atoms with Crippen LogP contribution in [0.3, 0.4) is 0 Å². The molecule has 0 aromatic heterocycles. The van der Waals surface area contributed by atoms with Gasteiger partial charge in [-0.2, -0.15) is 0 Å². The monoisotopic (exact) mass is 526 g/mol. The highest BCUT2D eigenvalue weighted by Crippen LogP contribution is 2.60. The lowest BCUT2D eigenvalue weighted by Gasteiger charge is -2.59. The number of amides is 2. The van der Waals surface area contributed by atoms with Crippen molar-refractivity contribution in [2.75, 3.05) is 4.31 Å². The first kappa shape index (κ1) is 24.3. The largest absolute Gasteiger partial charge is 0.755 e. The Hall–Kier alpha value is -1.35. The van der Waals surface area contributed by atoms with Gasteiger partial charge in [-0.3, -0.25) is 18.1 Å². The molecule has 0 radical (unpaired) electrons. The zero-order valence-corrected chi connectivity index (χ0v) is 21.3. The van der Waals surface area contributed by atoms with Crippen molar-refractivity contribution in [2.45, 2.75) is 75.8 Å². The lowest BCUT2D eigenvalue weighted by molar-refractivity contribution is -0.148. The van der Waals surface area contributed by atoms with Crippen LogP contribution in [0.4, 0.5) is 5.69 Å². The number of hydrogen-bond donors (Lipinski definition) is 2. The number of carbonyl (C=O) groups excluding carboxylic acids is 2. The SMILES string of the molecule is NC(=O)C12CC3CC(C1)C(NC(=O)C1(N(c4c(Cl)cccc4Cl)S(=O)[O-])CCCCC1)C(C3)C2. The number of rotatable bonds is 6. The molecule has 3 atom stereocenters. The van der Waals surface area contributed by atoms with Gasteiger partial charge in [0, 0.05) is 22.7 Å². The van der Waals surface area contributed by atoms with E-state index >= 15 is 0 Å². The summed E-state index contributed by atoms with van der Waals surface area (Å²) in [6, 6.07) is 4.73. The molecule has 0 saturated heterocycles. The first-order chi connectivity index (χ1) is 16.2. The molecule has 34 heavy (non-hydrogen) atoms. The molecule has 10 heteroatoms. The number of nitrogens with one attached hydrogen (secondary N) is 1. The second-order valence-electron chi connectivity index (χ2n) is 10.8. The number of anilines is 1. The molecule has 1 aromatic rings. The maximum Gasteiger partial charge on any atom is 0.247 e. The molecule has 1 aromatic carbocycles. The van der Waals surface area contributed by atoms with E-state index in [1.807, 2.05) is 0 Å². The van der Waals surface area contributed by atoms with E-state index in [0.717, 1.165) is 42.8 Å². The number of benzene rings is 1. The van der Waals surface area contributed by atoms with Crippen LogP contribution in [0.2, 0.25) is 10.0 Å². The van der Waals surface area contributed by atoms with Crippen molar-refractivity contribution in [1.29, 1.82) is 0 Å². The average molecular weight is 527 g/mol. The molecule has 6 rings (SSSR count). The van der Waals surface area contributed by atoms with Gasteiger partial charge in [0.05, 0.1) is 15.7 Å². The van der Waals surface area contributed by atoms with Gasteiger partial charge in [-0.25, -0.2) is 0 Å². The Bertz CT molecular complexity index is 995. The molecule has 5 aliphatic rings. The highest BCUT2D eigenvalue weighted by Gasteiger charge is 2.59. The van der Waals surface area contributed by atoms with Gasteiger partial charge in [0.25, 0.3) is 0 Å². The van der Waals surface area contributed by atoms with E-state index in [0.29, 0.717) is 31.6 Å². The number of nitrogens with zero attached hydrogens (tertiary/aromatic N) is 1.